The summed E-state index contributed by atoms with van der Waals surface area (Å²) in [6.07, 6.45) is 4.10. The summed E-state index contributed by atoms with van der Waals surface area (Å²) < 4.78 is 0. The summed E-state index contributed by atoms with van der Waals surface area (Å²) in [5.74, 6) is 0. The van der Waals surface area contributed by atoms with E-state index in [0.29, 0.717) is 0 Å². The summed E-state index contributed by atoms with van der Waals surface area (Å²) >= 11 is 0. The maximum atomic E-state index is 11.7. The summed E-state index contributed by atoms with van der Waals surface area (Å²) in [5, 5.41) is 7.32. The lowest BCUT2D eigenvalue weighted by molar-refractivity contribution is 1.03. The van der Waals surface area contributed by atoms with E-state index in [0.717, 1.165) is 34.8 Å². The van der Waals surface area contributed by atoms with Crippen molar-refractivity contribution in [3.8, 4) is 0 Å². The van der Waals surface area contributed by atoms with E-state index in [1.54, 1.807) is 0 Å². The molecular weight excluding hydrogens is 214 g/mol. The standard InChI is InChI=1S/C13H15N3O/c1-7-5-10(14-8(7)2)6-11-12(9-3-4-9)15-16-13(11)17/h5-6,14-15H,3-4H2,1-2H3,(H,16,17). The molecule has 3 rings (SSSR count). The summed E-state index contributed by atoms with van der Waals surface area (Å²) in [6, 6.07) is 2.06. The van der Waals surface area contributed by atoms with Crippen LogP contribution in [0.3, 0.4) is 0 Å². The maximum Gasteiger partial charge on any atom is 0.271 e. The fourth-order valence-electron chi connectivity index (χ4n) is 2.02. The highest BCUT2D eigenvalue weighted by molar-refractivity contribution is 5.58. The molecule has 2 aromatic heterocycles. The van der Waals surface area contributed by atoms with Crippen molar-refractivity contribution in [2.75, 3.05) is 0 Å². The Morgan fingerprint density at radius 1 is 1.24 bits per heavy atom. The van der Waals surface area contributed by atoms with Crippen molar-refractivity contribution in [1.29, 1.82) is 0 Å². The summed E-state index contributed by atoms with van der Waals surface area (Å²) in [6.45, 7) is 4.09. The van der Waals surface area contributed by atoms with Crippen LogP contribution in [0.5, 0.6) is 0 Å². The average molecular weight is 229 g/mol. The van der Waals surface area contributed by atoms with E-state index in [9.17, 15) is 4.79 Å². The van der Waals surface area contributed by atoms with Crippen LogP contribution in [0, 0.1) is 13.8 Å². The summed E-state index contributed by atoms with van der Waals surface area (Å²) in [7, 11) is 0. The van der Waals surface area contributed by atoms with E-state index in [1.165, 1.54) is 11.1 Å². The van der Waals surface area contributed by atoms with Gasteiger partial charge in [-0.2, -0.15) is 0 Å². The molecule has 4 heteroatoms. The Morgan fingerprint density at radius 2 is 2.00 bits per heavy atom. The molecule has 0 aliphatic heterocycles. The lowest BCUT2D eigenvalue weighted by atomic mass is 10.2. The molecule has 88 valence electrons. The van der Waals surface area contributed by atoms with Gasteiger partial charge in [-0.15, -0.1) is 0 Å². The van der Waals surface area contributed by atoms with Gasteiger partial charge in [-0.05, 0) is 50.0 Å². The minimum atomic E-state index is -0.0516. The number of hydrogen-bond acceptors (Lipinski definition) is 1. The summed E-state index contributed by atoms with van der Waals surface area (Å²) in [4.78, 5) is 15.0. The second kappa shape index (κ2) is 3.52. The topological polar surface area (TPSA) is 64.4 Å². The third-order valence-corrected chi connectivity index (χ3v) is 3.26. The summed E-state index contributed by atoms with van der Waals surface area (Å²) in [5.41, 5.74) is 4.61. The van der Waals surface area contributed by atoms with E-state index in [-0.39, 0.29) is 5.56 Å². The largest absolute Gasteiger partial charge is 0.359 e. The van der Waals surface area contributed by atoms with Crippen LogP contribution < -0.4 is 16.1 Å². The molecule has 0 radical (unpaired) electrons. The van der Waals surface area contributed by atoms with E-state index in [4.69, 9.17) is 0 Å². The Morgan fingerprint density at radius 3 is 2.59 bits per heavy atom. The Bertz CT molecular complexity index is 717. The molecule has 3 N–H and O–H groups in total. The Balaban J connectivity index is 2.26. The van der Waals surface area contributed by atoms with E-state index in [2.05, 4.69) is 28.2 Å². The molecule has 1 saturated carbocycles. The second-order valence-electron chi connectivity index (χ2n) is 4.65. The van der Waals surface area contributed by atoms with Crippen LogP contribution >= 0.6 is 0 Å². The molecule has 1 aliphatic rings. The fourth-order valence-corrected chi connectivity index (χ4v) is 2.02. The van der Waals surface area contributed by atoms with Crippen LogP contribution in [-0.2, 0) is 0 Å². The van der Waals surface area contributed by atoms with Gasteiger partial charge in [0.05, 0.1) is 10.6 Å². The zero-order valence-corrected chi connectivity index (χ0v) is 9.98. The van der Waals surface area contributed by atoms with Crippen molar-refractivity contribution in [3.05, 3.63) is 43.9 Å². The van der Waals surface area contributed by atoms with Gasteiger partial charge >= 0.3 is 0 Å². The number of hydrogen-bond donors (Lipinski definition) is 3. The van der Waals surface area contributed by atoms with Gasteiger partial charge in [0.1, 0.15) is 0 Å². The lowest BCUT2D eigenvalue weighted by Gasteiger charge is -1.84. The van der Waals surface area contributed by atoms with Crippen LogP contribution in [0.15, 0.2) is 10.9 Å². The number of aromatic nitrogens is 3. The molecule has 0 atom stereocenters. The molecule has 1 fully saturated rings. The molecule has 2 aromatic rings. The van der Waals surface area contributed by atoms with Gasteiger partial charge in [0.15, 0.2) is 0 Å². The molecule has 0 saturated heterocycles. The number of H-pyrrole nitrogens is 3. The third-order valence-electron chi connectivity index (χ3n) is 3.26. The third kappa shape index (κ3) is 1.75. The van der Waals surface area contributed by atoms with Crippen molar-refractivity contribution >= 4 is 11.6 Å². The molecule has 2 heterocycles. The van der Waals surface area contributed by atoms with Gasteiger partial charge in [-0.3, -0.25) is 15.0 Å². The SMILES string of the molecule is Cc1cc(C=c2c(=O)[nH][nH]c2=C2CC2)[nH]c1C. The van der Waals surface area contributed by atoms with Gasteiger partial charge in [0, 0.05) is 11.4 Å². The highest BCUT2D eigenvalue weighted by atomic mass is 16.1. The highest BCUT2D eigenvalue weighted by Crippen LogP contribution is 2.26. The van der Waals surface area contributed by atoms with Crippen molar-refractivity contribution in [2.24, 2.45) is 0 Å². The first-order valence-electron chi connectivity index (χ1n) is 5.82. The Labute approximate surface area is 98.1 Å². The zero-order chi connectivity index (χ0) is 12.0. The highest BCUT2D eigenvalue weighted by Gasteiger charge is 2.14. The van der Waals surface area contributed by atoms with Crippen LogP contribution in [0.1, 0.15) is 29.8 Å². The molecule has 17 heavy (non-hydrogen) atoms. The Hall–Kier alpha value is -1.97. The van der Waals surface area contributed by atoms with Crippen molar-refractivity contribution in [1.82, 2.24) is 15.2 Å². The first-order chi connectivity index (χ1) is 8.15. The second-order valence-corrected chi connectivity index (χ2v) is 4.65. The Kier molecular flexibility index (Phi) is 2.11. The molecule has 0 unspecified atom stereocenters. The van der Waals surface area contributed by atoms with Crippen LogP contribution in [-0.4, -0.2) is 15.2 Å². The van der Waals surface area contributed by atoms with Crippen molar-refractivity contribution < 1.29 is 0 Å². The van der Waals surface area contributed by atoms with Gasteiger partial charge in [0.25, 0.3) is 5.56 Å². The monoisotopic (exact) mass is 229 g/mol. The molecule has 0 aromatic carbocycles. The normalized spacial score (nSPS) is 15.6. The average Bonchev–Trinajstić information content (AvgIpc) is 2.99. The fraction of sp³-hybridized carbons (Fsp3) is 0.308. The molecule has 4 nitrogen and oxygen atoms in total. The number of aryl methyl sites for hydroxylation is 2. The first kappa shape index (κ1) is 10.2. The van der Waals surface area contributed by atoms with Crippen LogP contribution in [0.25, 0.3) is 11.6 Å². The molecular formula is C13H15N3O. The van der Waals surface area contributed by atoms with E-state index in [1.807, 2.05) is 13.0 Å². The van der Waals surface area contributed by atoms with Gasteiger partial charge in [-0.1, -0.05) is 0 Å². The van der Waals surface area contributed by atoms with E-state index >= 15 is 0 Å². The number of aromatic amines is 3. The van der Waals surface area contributed by atoms with Crippen molar-refractivity contribution in [3.63, 3.8) is 0 Å². The minimum Gasteiger partial charge on any atom is -0.359 e. The zero-order valence-electron chi connectivity index (χ0n) is 9.98. The maximum absolute atomic E-state index is 11.7. The molecule has 0 bridgehead atoms. The molecule has 1 aliphatic carbocycles. The first-order valence-corrected chi connectivity index (χ1v) is 5.82. The number of nitrogens with one attached hydrogen (secondary N) is 3. The number of rotatable bonds is 1. The minimum absolute atomic E-state index is 0.0516. The van der Waals surface area contributed by atoms with Crippen LogP contribution in [0.4, 0.5) is 0 Å². The predicted octanol–water partition coefficient (Wildman–Crippen LogP) is 0.421. The predicted molar refractivity (Wildman–Crippen MR) is 67.1 cm³/mol. The van der Waals surface area contributed by atoms with Gasteiger partial charge in [-0.25, -0.2) is 0 Å². The van der Waals surface area contributed by atoms with Crippen LogP contribution in [0.2, 0.25) is 0 Å². The lowest BCUT2D eigenvalue weighted by Crippen LogP contribution is -2.33. The van der Waals surface area contributed by atoms with Gasteiger partial charge in [0.2, 0.25) is 0 Å². The quantitative estimate of drug-likeness (QED) is 0.652. The smallest absolute Gasteiger partial charge is 0.271 e. The molecule has 0 spiro atoms. The van der Waals surface area contributed by atoms with Crippen molar-refractivity contribution in [2.45, 2.75) is 26.7 Å². The molecule has 0 amide bonds. The van der Waals surface area contributed by atoms with E-state index < -0.39 is 0 Å². The van der Waals surface area contributed by atoms with Gasteiger partial charge < -0.3 is 4.98 Å².